The van der Waals surface area contributed by atoms with Crippen molar-refractivity contribution in [3.63, 3.8) is 0 Å². The molecule has 33 heavy (non-hydrogen) atoms. The molecule has 4 rings (SSSR count). The number of nitrogen functional groups attached to an aromatic ring is 1. The lowest BCUT2D eigenvalue weighted by atomic mass is 10.3. The Bertz CT molecular complexity index is 1310. The normalized spacial score (nSPS) is 11.5. The maximum absolute atomic E-state index is 12.8. The average molecular weight is 470 g/mol. The highest BCUT2D eigenvalue weighted by molar-refractivity contribution is 6.32. The second-order valence-electron chi connectivity index (χ2n) is 7.24. The van der Waals surface area contributed by atoms with E-state index in [1.165, 1.54) is 10.9 Å². The summed E-state index contributed by atoms with van der Waals surface area (Å²) in [6.07, 6.45) is 1.43. The summed E-state index contributed by atoms with van der Waals surface area (Å²) >= 11 is 6.49. The number of hydrogen-bond donors (Lipinski definition) is 2. The third-order valence-corrected chi connectivity index (χ3v) is 4.91. The summed E-state index contributed by atoms with van der Waals surface area (Å²) in [6.45, 7) is 2.12. The number of hydrazone groups is 1. The van der Waals surface area contributed by atoms with Crippen LogP contribution >= 0.6 is 11.6 Å². The number of aromatic nitrogens is 7. The van der Waals surface area contributed by atoms with Crippen molar-refractivity contribution in [2.75, 3.05) is 19.8 Å². The van der Waals surface area contributed by atoms with Gasteiger partial charge in [0.25, 0.3) is 5.91 Å². The molecule has 0 saturated carbocycles. The summed E-state index contributed by atoms with van der Waals surface area (Å²) in [5.41, 5.74) is 10.7. The fraction of sp³-hybridized carbons (Fsp3) is 0.211. The van der Waals surface area contributed by atoms with Gasteiger partial charge >= 0.3 is 0 Å². The molecule has 0 aliphatic rings. The van der Waals surface area contributed by atoms with Gasteiger partial charge in [0.1, 0.15) is 5.15 Å². The first-order valence-electron chi connectivity index (χ1n) is 9.68. The predicted molar refractivity (Wildman–Crippen MR) is 119 cm³/mol. The summed E-state index contributed by atoms with van der Waals surface area (Å²) in [5, 5.41) is 24.0. The molecule has 170 valence electrons. The molecule has 0 aliphatic heterocycles. The van der Waals surface area contributed by atoms with Crippen molar-refractivity contribution in [2.24, 2.45) is 5.10 Å². The van der Waals surface area contributed by atoms with E-state index in [0.717, 1.165) is 5.69 Å². The predicted octanol–water partition coefficient (Wildman–Crippen LogP) is 1.21. The van der Waals surface area contributed by atoms with E-state index >= 15 is 0 Å². The van der Waals surface area contributed by atoms with Gasteiger partial charge in [0.05, 0.1) is 28.9 Å². The number of rotatable bonds is 7. The number of para-hydroxylation sites is 1. The number of benzene rings is 1. The van der Waals surface area contributed by atoms with Crippen LogP contribution in [0.2, 0.25) is 5.15 Å². The van der Waals surface area contributed by atoms with Gasteiger partial charge in [0.2, 0.25) is 11.6 Å². The van der Waals surface area contributed by atoms with Crippen LogP contribution in [-0.4, -0.2) is 66.2 Å². The van der Waals surface area contributed by atoms with E-state index in [2.05, 4.69) is 40.9 Å². The van der Waals surface area contributed by atoms with Crippen molar-refractivity contribution in [3.8, 4) is 11.5 Å². The van der Waals surface area contributed by atoms with Crippen LogP contribution in [0, 0.1) is 6.92 Å². The molecule has 0 spiro atoms. The first-order chi connectivity index (χ1) is 15.9. The van der Waals surface area contributed by atoms with Gasteiger partial charge in [-0.3, -0.25) is 4.79 Å². The van der Waals surface area contributed by atoms with Gasteiger partial charge in [-0.15, -0.1) is 5.10 Å². The quantitative estimate of drug-likeness (QED) is 0.299. The van der Waals surface area contributed by atoms with E-state index in [1.807, 2.05) is 49.3 Å². The maximum atomic E-state index is 12.8. The highest BCUT2D eigenvalue weighted by Crippen LogP contribution is 2.22. The Morgan fingerprint density at radius 3 is 2.70 bits per heavy atom. The standard InChI is InChI=1S/C19H20ClN11O2/c1-11-13(16(20)30(25-11)12-7-5-4-6-8-12)9-22-24-19(32)15-14(10-29(2)3)31(28-23-15)18-17(21)26-33-27-18/h4-9H,10H2,1-3H3,(H2,21,26)(H,24,32)/b22-9+. The van der Waals surface area contributed by atoms with Crippen molar-refractivity contribution in [1.29, 1.82) is 0 Å². The number of hydrogen-bond acceptors (Lipinski definition) is 10. The SMILES string of the molecule is Cc1nn(-c2ccccc2)c(Cl)c1/C=N/NC(=O)c1nnn(-c2nonc2N)c1CN(C)C. The van der Waals surface area contributed by atoms with Crippen LogP contribution < -0.4 is 11.2 Å². The van der Waals surface area contributed by atoms with E-state index < -0.39 is 5.91 Å². The van der Waals surface area contributed by atoms with Crippen LogP contribution in [0.1, 0.15) is 27.4 Å². The molecular formula is C19H20ClN11O2. The van der Waals surface area contributed by atoms with E-state index in [9.17, 15) is 4.79 Å². The summed E-state index contributed by atoms with van der Waals surface area (Å²) in [7, 11) is 3.66. The smallest absolute Gasteiger partial charge is 0.293 e. The molecule has 0 radical (unpaired) electrons. The molecule has 3 aromatic heterocycles. The molecule has 0 bridgehead atoms. The van der Waals surface area contributed by atoms with Crippen molar-refractivity contribution < 1.29 is 9.42 Å². The minimum atomic E-state index is -0.575. The number of anilines is 1. The van der Waals surface area contributed by atoms with Gasteiger partial charge in [0, 0.05) is 6.54 Å². The Kier molecular flexibility index (Phi) is 6.15. The molecule has 13 nitrogen and oxygen atoms in total. The van der Waals surface area contributed by atoms with Crippen LogP contribution in [0.15, 0.2) is 40.1 Å². The van der Waals surface area contributed by atoms with Gasteiger partial charge in [-0.2, -0.15) is 14.9 Å². The van der Waals surface area contributed by atoms with Crippen LogP contribution in [0.4, 0.5) is 5.82 Å². The fourth-order valence-electron chi connectivity index (χ4n) is 3.03. The third kappa shape index (κ3) is 4.44. The molecule has 0 atom stereocenters. The molecule has 0 saturated heterocycles. The molecule has 1 amide bonds. The minimum absolute atomic E-state index is 0.0189. The molecule has 0 fully saturated rings. The number of nitrogens with zero attached hydrogens (tertiary/aromatic N) is 9. The first kappa shape index (κ1) is 22.1. The highest BCUT2D eigenvalue weighted by atomic mass is 35.5. The van der Waals surface area contributed by atoms with Gasteiger partial charge in [0.15, 0.2) is 5.69 Å². The number of nitrogens with one attached hydrogen (secondary N) is 1. The Morgan fingerprint density at radius 1 is 1.27 bits per heavy atom. The zero-order valence-electron chi connectivity index (χ0n) is 18.0. The summed E-state index contributed by atoms with van der Waals surface area (Å²) < 4.78 is 7.52. The third-order valence-electron chi connectivity index (χ3n) is 4.55. The molecule has 4 aromatic rings. The van der Waals surface area contributed by atoms with E-state index in [0.29, 0.717) is 28.6 Å². The largest absolute Gasteiger partial charge is 0.378 e. The number of carbonyl (C=O) groups excluding carboxylic acids is 1. The van der Waals surface area contributed by atoms with Crippen LogP contribution in [0.3, 0.4) is 0 Å². The number of nitrogens with two attached hydrogens (primary N) is 1. The molecular weight excluding hydrogens is 450 g/mol. The monoisotopic (exact) mass is 469 g/mol. The molecule has 14 heteroatoms. The summed E-state index contributed by atoms with van der Waals surface area (Å²) in [4.78, 5) is 14.6. The first-order valence-corrected chi connectivity index (χ1v) is 10.1. The van der Waals surface area contributed by atoms with Crippen molar-refractivity contribution >= 4 is 29.5 Å². The van der Waals surface area contributed by atoms with Crippen LogP contribution in [0.5, 0.6) is 0 Å². The van der Waals surface area contributed by atoms with E-state index in [-0.39, 0.29) is 17.3 Å². The highest BCUT2D eigenvalue weighted by Gasteiger charge is 2.24. The average Bonchev–Trinajstić information content (AvgIpc) is 3.47. The number of carbonyl (C=O) groups is 1. The van der Waals surface area contributed by atoms with E-state index in [4.69, 9.17) is 17.3 Å². The van der Waals surface area contributed by atoms with Gasteiger partial charge in [-0.05, 0) is 43.5 Å². The van der Waals surface area contributed by atoms with Crippen molar-refractivity contribution in [2.45, 2.75) is 13.5 Å². The second-order valence-corrected chi connectivity index (χ2v) is 7.60. The van der Waals surface area contributed by atoms with Crippen molar-refractivity contribution in [1.82, 2.24) is 45.4 Å². The molecule has 3 heterocycles. The minimum Gasteiger partial charge on any atom is -0.378 e. The van der Waals surface area contributed by atoms with Gasteiger partial charge in [-0.25, -0.2) is 14.7 Å². The molecule has 0 unspecified atom stereocenters. The molecule has 1 aromatic carbocycles. The number of amides is 1. The number of halogens is 1. The lowest BCUT2D eigenvalue weighted by Crippen LogP contribution is -2.23. The Labute approximate surface area is 192 Å². The maximum Gasteiger partial charge on any atom is 0.293 e. The van der Waals surface area contributed by atoms with E-state index in [1.54, 1.807) is 11.6 Å². The lowest BCUT2D eigenvalue weighted by Gasteiger charge is -2.11. The van der Waals surface area contributed by atoms with Crippen LogP contribution in [-0.2, 0) is 6.54 Å². The zero-order chi connectivity index (χ0) is 23.5. The Balaban J connectivity index is 1.57. The number of aryl methyl sites for hydroxylation is 1. The zero-order valence-corrected chi connectivity index (χ0v) is 18.7. The molecule has 3 N–H and O–H groups in total. The van der Waals surface area contributed by atoms with Crippen molar-refractivity contribution in [3.05, 3.63) is 58.1 Å². The Hall–Kier alpha value is -4.10. The summed E-state index contributed by atoms with van der Waals surface area (Å²) in [5.74, 6) is -0.420. The van der Waals surface area contributed by atoms with Gasteiger partial charge < -0.3 is 10.6 Å². The second kappa shape index (κ2) is 9.18. The van der Waals surface area contributed by atoms with Crippen LogP contribution in [0.25, 0.3) is 11.5 Å². The van der Waals surface area contributed by atoms with Gasteiger partial charge in [-0.1, -0.05) is 35.0 Å². The lowest BCUT2D eigenvalue weighted by molar-refractivity contribution is 0.0948. The summed E-state index contributed by atoms with van der Waals surface area (Å²) in [6, 6.07) is 9.44. The molecule has 0 aliphatic carbocycles. The topological polar surface area (TPSA) is 158 Å². The Morgan fingerprint density at radius 2 is 2.03 bits per heavy atom. The fourth-order valence-corrected chi connectivity index (χ4v) is 3.35.